The van der Waals surface area contributed by atoms with E-state index in [9.17, 15) is 0 Å². The second-order valence-corrected chi connectivity index (χ2v) is 14.4. The molecular formula is C48H32N4. The van der Waals surface area contributed by atoms with E-state index in [0.29, 0.717) is 5.95 Å². The highest BCUT2D eigenvalue weighted by molar-refractivity contribution is 6.29. The summed E-state index contributed by atoms with van der Waals surface area (Å²) < 4.78 is 2.25. The Morgan fingerprint density at radius 1 is 0.481 bits per heavy atom. The lowest BCUT2D eigenvalue weighted by Gasteiger charge is -2.22. The minimum absolute atomic E-state index is 0.208. The molecule has 0 N–H and O–H groups in total. The van der Waals surface area contributed by atoms with Gasteiger partial charge in [0.05, 0.1) is 22.4 Å². The van der Waals surface area contributed by atoms with Crippen LogP contribution < -0.4 is 0 Å². The Balaban J connectivity index is 1.27. The first-order valence-corrected chi connectivity index (χ1v) is 17.9. The summed E-state index contributed by atoms with van der Waals surface area (Å²) in [7, 11) is 0. The zero-order valence-corrected chi connectivity index (χ0v) is 28.8. The van der Waals surface area contributed by atoms with E-state index in [4.69, 9.17) is 9.97 Å². The van der Waals surface area contributed by atoms with E-state index in [1.165, 1.54) is 54.6 Å². The van der Waals surface area contributed by atoms with Gasteiger partial charge >= 0.3 is 0 Å². The molecule has 0 atom stereocenters. The van der Waals surface area contributed by atoms with Crippen LogP contribution in [-0.4, -0.2) is 19.5 Å². The summed E-state index contributed by atoms with van der Waals surface area (Å²) in [6.45, 7) is 4.74. The molecule has 0 saturated heterocycles. The van der Waals surface area contributed by atoms with Crippen molar-refractivity contribution in [1.29, 1.82) is 0 Å². The molecule has 0 spiro atoms. The first-order chi connectivity index (χ1) is 25.6. The highest BCUT2D eigenvalue weighted by Gasteiger charge is 2.38. The standard InChI is InChI=1S/C48H32N4/c1-48(2)39-22-21-35-33-19-10-9-17-31(33)32-18-11-12-20-34(32)45(35)46(39)37-26-44-36(25-40(37)48)38-28-49-24-23-43(38)52(44)47-50-41(29-13-5-3-6-14-29)27-42(51-47)30-15-7-4-8-16-30/h3-28H,1-2H3. The molecule has 0 fully saturated rings. The second-order valence-electron chi connectivity index (χ2n) is 14.4. The van der Waals surface area contributed by atoms with Gasteiger partial charge in [-0.3, -0.25) is 9.55 Å². The molecule has 0 aliphatic heterocycles. The predicted molar refractivity (Wildman–Crippen MR) is 215 cm³/mol. The van der Waals surface area contributed by atoms with Crippen molar-refractivity contribution >= 4 is 54.1 Å². The number of benzene rings is 7. The molecule has 1 aliphatic rings. The van der Waals surface area contributed by atoms with Gasteiger partial charge in [-0.25, -0.2) is 9.97 Å². The van der Waals surface area contributed by atoms with Crippen LogP contribution in [0.2, 0.25) is 0 Å². The summed E-state index contributed by atoms with van der Waals surface area (Å²) in [4.78, 5) is 15.2. The molecule has 4 nitrogen and oxygen atoms in total. The molecule has 0 amide bonds. The molecule has 10 aromatic rings. The maximum atomic E-state index is 5.29. The van der Waals surface area contributed by atoms with Crippen LogP contribution in [0.25, 0.3) is 93.7 Å². The van der Waals surface area contributed by atoms with Gasteiger partial charge in [-0.05, 0) is 78.8 Å². The van der Waals surface area contributed by atoms with Gasteiger partial charge < -0.3 is 0 Å². The summed E-state index contributed by atoms with van der Waals surface area (Å²) in [5, 5.41) is 9.98. The zero-order chi connectivity index (χ0) is 34.6. The largest absolute Gasteiger partial charge is 0.278 e. The number of pyridine rings is 1. The Morgan fingerprint density at radius 2 is 1.06 bits per heavy atom. The van der Waals surface area contributed by atoms with Gasteiger partial charge in [0.15, 0.2) is 0 Å². The Kier molecular flexibility index (Phi) is 5.98. The van der Waals surface area contributed by atoms with Crippen molar-refractivity contribution in [2.24, 2.45) is 0 Å². The summed E-state index contributed by atoms with van der Waals surface area (Å²) >= 11 is 0. The minimum atomic E-state index is -0.208. The number of hydrogen-bond acceptors (Lipinski definition) is 3. The highest BCUT2D eigenvalue weighted by atomic mass is 15.2. The lowest BCUT2D eigenvalue weighted by molar-refractivity contribution is 0.661. The molecular weight excluding hydrogens is 633 g/mol. The van der Waals surface area contributed by atoms with E-state index in [1.807, 2.05) is 24.5 Å². The molecule has 0 radical (unpaired) electrons. The normalized spacial score (nSPS) is 13.3. The van der Waals surface area contributed by atoms with Crippen molar-refractivity contribution in [3.05, 3.63) is 169 Å². The second kappa shape index (κ2) is 10.7. The van der Waals surface area contributed by atoms with Crippen molar-refractivity contribution in [2.45, 2.75) is 19.3 Å². The third kappa shape index (κ3) is 4.00. The van der Waals surface area contributed by atoms with Crippen LogP contribution >= 0.6 is 0 Å². The number of nitrogens with zero attached hydrogens (tertiary/aromatic N) is 4. The van der Waals surface area contributed by atoms with Crippen molar-refractivity contribution in [3.8, 4) is 39.6 Å². The molecule has 3 heterocycles. The van der Waals surface area contributed by atoms with E-state index >= 15 is 0 Å². The van der Waals surface area contributed by atoms with Gasteiger partial charge in [-0.1, -0.05) is 135 Å². The van der Waals surface area contributed by atoms with E-state index < -0.39 is 0 Å². The monoisotopic (exact) mass is 664 g/mol. The average molecular weight is 665 g/mol. The smallest absolute Gasteiger partial charge is 0.235 e. The molecule has 0 bridgehead atoms. The molecule has 244 valence electrons. The number of rotatable bonds is 3. The molecule has 0 unspecified atom stereocenters. The Morgan fingerprint density at radius 3 is 1.71 bits per heavy atom. The number of fused-ring (bicyclic) bond motifs is 13. The van der Waals surface area contributed by atoms with Crippen LogP contribution in [0.5, 0.6) is 0 Å². The van der Waals surface area contributed by atoms with Gasteiger partial charge in [-0.2, -0.15) is 0 Å². The van der Waals surface area contributed by atoms with Crippen LogP contribution in [-0.2, 0) is 5.41 Å². The predicted octanol–water partition coefficient (Wildman–Crippen LogP) is 12.1. The quantitative estimate of drug-likeness (QED) is 0.177. The topological polar surface area (TPSA) is 43.6 Å². The molecule has 7 aromatic carbocycles. The molecule has 11 rings (SSSR count). The van der Waals surface area contributed by atoms with Crippen LogP contribution in [0.3, 0.4) is 0 Å². The highest BCUT2D eigenvalue weighted by Crippen LogP contribution is 2.55. The van der Waals surface area contributed by atoms with Gasteiger partial charge in [-0.15, -0.1) is 0 Å². The fraction of sp³-hybridized carbons (Fsp3) is 0.0625. The molecule has 3 aromatic heterocycles. The number of hydrogen-bond donors (Lipinski definition) is 0. The van der Waals surface area contributed by atoms with Crippen molar-refractivity contribution in [1.82, 2.24) is 19.5 Å². The Bertz CT molecular complexity index is 2990. The van der Waals surface area contributed by atoms with Crippen LogP contribution in [0.15, 0.2) is 158 Å². The van der Waals surface area contributed by atoms with E-state index in [1.54, 1.807) is 0 Å². The minimum Gasteiger partial charge on any atom is -0.278 e. The molecule has 4 heteroatoms. The Hall–Kier alpha value is -6.65. The number of aromatic nitrogens is 4. The summed E-state index contributed by atoms with van der Waals surface area (Å²) in [6.07, 6.45) is 3.86. The maximum absolute atomic E-state index is 5.29. The van der Waals surface area contributed by atoms with Crippen LogP contribution in [0.4, 0.5) is 0 Å². The van der Waals surface area contributed by atoms with E-state index in [2.05, 4.69) is 157 Å². The van der Waals surface area contributed by atoms with Gasteiger partial charge in [0.1, 0.15) is 0 Å². The van der Waals surface area contributed by atoms with Gasteiger partial charge in [0.25, 0.3) is 0 Å². The molecule has 52 heavy (non-hydrogen) atoms. The SMILES string of the molecule is CC1(C)c2cc3c4cnccc4n(-c4nc(-c5ccccc5)cc(-c5ccccc5)n4)c3cc2-c2c1ccc1c3ccccc3c3ccccc3c21. The average Bonchev–Trinajstić information content (AvgIpc) is 3.65. The van der Waals surface area contributed by atoms with Gasteiger partial charge in [0, 0.05) is 39.7 Å². The third-order valence-corrected chi connectivity index (χ3v) is 11.3. The fourth-order valence-corrected chi connectivity index (χ4v) is 8.84. The van der Waals surface area contributed by atoms with Crippen LogP contribution in [0.1, 0.15) is 25.0 Å². The van der Waals surface area contributed by atoms with Crippen molar-refractivity contribution < 1.29 is 0 Å². The lowest BCUT2D eigenvalue weighted by atomic mass is 9.81. The van der Waals surface area contributed by atoms with Crippen molar-refractivity contribution in [2.75, 3.05) is 0 Å². The maximum Gasteiger partial charge on any atom is 0.235 e. The lowest BCUT2D eigenvalue weighted by Crippen LogP contribution is -2.14. The molecule has 1 aliphatic carbocycles. The van der Waals surface area contributed by atoms with Gasteiger partial charge in [0.2, 0.25) is 5.95 Å². The first kappa shape index (κ1) is 29.1. The fourth-order valence-electron chi connectivity index (χ4n) is 8.84. The van der Waals surface area contributed by atoms with E-state index in [0.717, 1.165) is 44.3 Å². The summed E-state index contributed by atoms with van der Waals surface area (Å²) in [5.74, 6) is 0.637. The Labute approximate surface area is 300 Å². The molecule has 0 saturated carbocycles. The summed E-state index contributed by atoms with van der Waals surface area (Å²) in [6, 6.07) is 52.2. The van der Waals surface area contributed by atoms with Crippen molar-refractivity contribution in [3.63, 3.8) is 0 Å². The van der Waals surface area contributed by atoms with E-state index in [-0.39, 0.29) is 5.41 Å². The first-order valence-electron chi connectivity index (χ1n) is 17.9. The summed E-state index contributed by atoms with van der Waals surface area (Å²) in [5.41, 5.74) is 11.0. The zero-order valence-electron chi connectivity index (χ0n) is 28.8. The third-order valence-electron chi connectivity index (χ3n) is 11.3. The van der Waals surface area contributed by atoms with Crippen LogP contribution in [0, 0.1) is 0 Å².